The number of methoxy groups -OCH3 is 1. The smallest absolute Gasteiger partial charge is 0.324 e. The summed E-state index contributed by atoms with van der Waals surface area (Å²) in [6, 6.07) is 14.2. The summed E-state index contributed by atoms with van der Waals surface area (Å²) < 4.78 is 7.19. The molecule has 8 nitrogen and oxygen atoms in total. The zero-order chi connectivity index (χ0) is 29.1. The molecule has 0 fully saturated rings. The Kier molecular flexibility index (Phi) is 8.47. The lowest BCUT2D eigenvalue weighted by Crippen LogP contribution is -2.39. The highest BCUT2D eigenvalue weighted by Crippen LogP contribution is 2.44. The number of unbranched alkanes of at least 4 members (excludes halogenated alkanes) is 1. The fourth-order valence-corrected chi connectivity index (χ4v) is 5.24. The number of nitrogens with zero attached hydrogens (tertiary/aromatic N) is 3. The van der Waals surface area contributed by atoms with E-state index >= 15 is 0 Å². The molecule has 0 aliphatic carbocycles. The standard InChI is InChI=1S/C32H39N5O3/c1-7-8-15-36-30-24(13-10-14-35-30)27(21-11-9-12-23(16-21)40-6)29(31(36)38)37(32(34)39)28-25(19(2)3)17-22(33)18-26(28)20(4)5/h9-14,16-20H,7-8,15,33H2,1-6H3,(H2,34,39). The quantitative estimate of drug-likeness (QED) is 0.223. The largest absolute Gasteiger partial charge is 0.497 e. The molecule has 4 N–H and O–H groups in total. The zero-order valence-corrected chi connectivity index (χ0v) is 24.2. The van der Waals surface area contributed by atoms with Crippen LogP contribution in [-0.4, -0.2) is 22.7 Å². The molecule has 0 atom stereocenters. The fourth-order valence-electron chi connectivity index (χ4n) is 5.24. The van der Waals surface area contributed by atoms with Crippen LogP contribution in [0, 0.1) is 0 Å². The molecule has 8 heteroatoms. The lowest BCUT2D eigenvalue weighted by molar-refractivity contribution is 0.256. The number of nitrogen functional groups attached to an aromatic ring is 1. The molecule has 2 aromatic heterocycles. The van der Waals surface area contributed by atoms with Gasteiger partial charge in [-0.25, -0.2) is 9.78 Å². The Morgan fingerprint density at radius 3 is 2.27 bits per heavy atom. The van der Waals surface area contributed by atoms with Crippen LogP contribution < -0.4 is 26.7 Å². The highest BCUT2D eigenvalue weighted by atomic mass is 16.5. The van der Waals surface area contributed by atoms with Crippen LogP contribution in [0.4, 0.5) is 21.9 Å². The maximum Gasteiger partial charge on any atom is 0.324 e. The van der Waals surface area contributed by atoms with Gasteiger partial charge in [0.2, 0.25) is 0 Å². The van der Waals surface area contributed by atoms with Crippen molar-refractivity contribution < 1.29 is 9.53 Å². The van der Waals surface area contributed by atoms with Crippen molar-refractivity contribution in [3.8, 4) is 16.9 Å². The van der Waals surface area contributed by atoms with Crippen molar-refractivity contribution >= 4 is 34.1 Å². The number of primary amides is 1. The second kappa shape index (κ2) is 11.8. The minimum absolute atomic E-state index is 0.00237. The Bertz CT molecular complexity index is 1580. The molecule has 0 bridgehead atoms. The number of pyridine rings is 2. The number of aryl methyl sites for hydroxylation is 1. The van der Waals surface area contributed by atoms with Crippen molar-refractivity contribution in [3.63, 3.8) is 0 Å². The second-order valence-corrected chi connectivity index (χ2v) is 10.7. The summed E-state index contributed by atoms with van der Waals surface area (Å²) in [5.74, 6) is 0.629. The van der Waals surface area contributed by atoms with Gasteiger partial charge in [0.15, 0.2) is 0 Å². The van der Waals surface area contributed by atoms with Gasteiger partial charge >= 0.3 is 6.03 Å². The van der Waals surface area contributed by atoms with Crippen molar-refractivity contribution in [2.75, 3.05) is 17.7 Å². The van der Waals surface area contributed by atoms with E-state index in [0.29, 0.717) is 40.4 Å². The first kappa shape index (κ1) is 28.7. The lowest BCUT2D eigenvalue weighted by Gasteiger charge is -2.31. The van der Waals surface area contributed by atoms with Gasteiger partial charge < -0.3 is 16.2 Å². The van der Waals surface area contributed by atoms with Crippen LogP contribution in [0.1, 0.15) is 70.4 Å². The van der Waals surface area contributed by atoms with Gasteiger partial charge in [-0.3, -0.25) is 14.3 Å². The average molecular weight is 542 g/mol. The molecule has 0 unspecified atom stereocenters. The van der Waals surface area contributed by atoms with Crippen LogP contribution in [0.15, 0.2) is 59.5 Å². The van der Waals surface area contributed by atoms with E-state index < -0.39 is 6.03 Å². The van der Waals surface area contributed by atoms with E-state index in [4.69, 9.17) is 16.2 Å². The predicted molar refractivity (Wildman–Crippen MR) is 164 cm³/mol. The number of amides is 2. The molecule has 4 rings (SSSR count). The van der Waals surface area contributed by atoms with E-state index in [9.17, 15) is 9.59 Å². The van der Waals surface area contributed by atoms with Crippen molar-refractivity contribution in [1.29, 1.82) is 0 Å². The Labute approximate surface area is 235 Å². The van der Waals surface area contributed by atoms with Crippen molar-refractivity contribution in [2.24, 2.45) is 5.73 Å². The maximum atomic E-state index is 14.6. The number of anilines is 3. The number of rotatable bonds is 9. The van der Waals surface area contributed by atoms with E-state index in [2.05, 4.69) is 11.9 Å². The Morgan fingerprint density at radius 1 is 1.02 bits per heavy atom. The highest BCUT2D eigenvalue weighted by Gasteiger charge is 2.32. The summed E-state index contributed by atoms with van der Waals surface area (Å²) in [7, 11) is 1.59. The summed E-state index contributed by atoms with van der Waals surface area (Å²) >= 11 is 0. The molecule has 2 amide bonds. The summed E-state index contributed by atoms with van der Waals surface area (Å²) in [5, 5.41) is 0.736. The Balaban J connectivity index is 2.26. The third kappa shape index (κ3) is 5.26. The van der Waals surface area contributed by atoms with E-state index in [1.54, 1.807) is 17.9 Å². The van der Waals surface area contributed by atoms with E-state index in [0.717, 1.165) is 29.4 Å². The zero-order valence-electron chi connectivity index (χ0n) is 24.2. The van der Waals surface area contributed by atoms with E-state index in [-0.39, 0.29) is 23.1 Å². The maximum absolute atomic E-state index is 14.6. The molecular formula is C32H39N5O3. The Hall–Kier alpha value is -4.33. The summed E-state index contributed by atoms with van der Waals surface area (Å²) in [4.78, 5) is 34.2. The van der Waals surface area contributed by atoms with Gasteiger partial charge in [0.1, 0.15) is 17.1 Å². The molecule has 0 spiro atoms. The topological polar surface area (TPSA) is 116 Å². The minimum Gasteiger partial charge on any atom is -0.497 e. The summed E-state index contributed by atoms with van der Waals surface area (Å²) in [6.07, 6.45) is 3.34. The third-order valence-corrected chi connectivity index (χ3v) is 7.19. The number of aromatic nitrogens is 2. The molecular weight excluding hydrogens is 502 g/mol. The van der Waals surface area contributed by atoms with Crippen LogP contribution in [0.25, 0.3) is 22.2 Å². The molecule has 0 saturated carbocycles. The first-order valence-electron chi connectivity index (χ1n) is 13.8. The van der Waals surface area contributed by atoms with Crippen LogP contribution in [-0.2, 0) is 6.54 Å². The van der Waals surface area contributed by atoms with Crippen LogP contribution in [0.2, 0.25) is 0 Å². The van der Waals surface area contributed by atoms with Gasteiger partial charge in [0, 0.05) is 29.4 Å². The summed E-state index contributed by atoms with van der Waals surface area (Å²) in [5.41, 5.74) is 17.1. The first-order chi connectivity index (χ1) is 19.1. The number of benzene rings is 2. The number of ether oxygens (including phenoxy) is 1. The molecule has 210 valence electrons. The number of urea groups is 1. The molecule has 0 radical (unpaired) electrons. The summed E-state index contributed by atoms with van der Waals surface area (Å²) in [6.45, 7) is 10.7. The van der Waals surface area contributed by atoms with Gasteiger partial charge in [-0.1, -0.05) is 53.2 Å². The fraction of sp³-hybridized carbons (Fsp3) is 0.344. The molecule has 2 aromatic carbocycles. The van der Waals surface area contributed by atoms with Gasteiger partial charge in [-0.15, -0.1) is 0 Å². The Morgan fingerprint density at radius 2 is 1.70 bits per heavy atom. The number of hydrogen-bond acceptors (Lipinski definition) is 5. The number of fused-ring (bicyclic) bond motifs is 1. The van der Waals surface area contributed by atoms with Crippen LogP contribution in [0.3, 0.4) is 0 Å². The van der Waals surface area contributed by atoms with E-state index in [1.165, 1.54) is 4.90 Å². The number of carbonyl (C=O) groups is 1. The molecule has 4 aromatic rings. The monoisotopic (exact) mass is 541 g/mol. The number of nitrogens with two attached hydrogens (primary N) is 2. The minimum atomic E-state index is -0.750. The van der Waals surface area contributed by atoms with Gasteiger partial charge in [-0.05, 0) is 71.3 Å². The van der Waals surface area contributed by atoms with Gasteiger partial charge in [0.05, 0.1) is 12.8 Å². The lowest BCUT2D eigenvalue weighted by atomic mass is 9.90. The predicted octanol–water partition coefficient (Wildman–Crippen LogP) is 6.92. The van der Waals surface area contributed by atoms with Crippen molar-refractivity contribution in [3.05, 3.63) is 76.2 Å². The normalized spacial score (nSPS) is 11.4. The molecule has 2 heterocycles. The number of carbonyl (C=O) groups excluding carboxylic acids is 1. The highest BCUT2D eigenvalue weighted by molar-refractivity contribution is 6.09. The van der Waals surface area contributed by atoms with Crippen molar-refractivity contribution in [2.45, 2.75) is 65.8 Å². The molecule has 0 aliphatic rings. The van der Waals surface area contributed by atoms with Gasteiger partial charge in [0.25, 0.3) is 5.56 Å². The van der Waals surface area contributed by atoms with Crippen molar-refractivity contribution in [1.82, 2.24) is 9.55 Å². The first-order valence-corrected chi connectivity index (χ1v) is 13.8. The number of hydrogen-bond donors (Lipinski definition) is 2. The van der Waals surface area contributed by atoms with Crippen LogP contribution in [0.5, 0.6) is 5.75 Å². The van der Waals surface area contributed by atoms with Gasteiger partial charge in [-0.2, -0.15) is 0 Å². The third-order valence-electron chi connectivity index (χ3n) is 7.19. The average Bonchev–Trinajstić information content (AvgIpc) is 2.93. The van der Waals surface area contributed by atoms with E-state index in [1.807, 2.05) is 76.2 Å². The van der Waals surface area contributed by atoms with Crippen LogP contribution >= 0.6 is 0 Å². The molecule has 40 heavy (non-hydrogen) atoms. The molecule has 0 saturated heterocycles. The molecule has 0 aliphatic heterocycles. The second-order valence-electron chi connectivity index (χ2n) is 10.7. The SMILES string of the molecule is CCCCn1c(=O)c(N(C(N)=O)c2c(C(C)C)cc(N)cc2C(C)C)c(-c2cccc(OC)c2)c2cccnc21.